The van der Waals surface area contributed by atoms with E-state index in [4.69, 9.17) is 21.1 Å². The Hall–Kier alpha value is -2.14. The summed E-state index contributed by atoms with van der Waals surface area (Å²) in [6, 6.07) is 4.25. The molecule has 37 heavy (non-hydrogen) atoms. The summed E-state index contributed by atoms with van der Waals surface area (Å²) in [6.07, 6.45) is 3.60. The van der Waals surface area contributed by atoms with Crippen LogP contribution < -0.4 is 16.0 Å². The van der Waals surface area contributed by atoms with Crippen LogP contribution >= 0.6 is 11.6 Å². The number of nitrogens with one attached hydrogen (secondary N) is 3. The molecule has 9 nitrogen and oxygen atoms in total. The summed E-state index contributed by atoms with van der Waals surface area (Å²) >= 11 is 6.14. The zero-order valence-corrected chi connectivity index (χ0v) is 22.5. The second-order valence-electron chi connectivity index (χ2n) is 9.78. The van der Waals surface area contributed by atoms with Crippen LogP contribution in [0.4, 0.5) is 14.0 Å². The lowest BCUT2D eigenvalue weighted by Crippen LogP contribution is -2.52. The van der Waals surface area contributed by atoms with Crippen LogP contribution in [0.3, 0.4) is 0 Å². The SMILES string of the molecule is CNC[C@@H](CC1CCCOC1)NC(=O)N1CCC[C@@H]([C@@H](OCCNC(=O)OC)c2cc(F)cc(Cl)c2)C1. The number of carbonyl (C=O) groups excluding carboxylic acids is 2. The van der Waals surface area contributed by atoms with Gasteiger partial charge in [0, 0.05) is 56.4 Å². The van der Waals surface area contributed by atoms with E-state index >= 15 is 0 Å². The molecule has 3 N–H and O–H groups in total. The highest BCUT2D eigenvalue weighted by atomic mass is 35.5. The third kappa shape index (κ3) is 9.59. The second-order valence-corrected chi connectivity index (χ2v) is 10.2. The Kier molecular flexibility index (Phi) is 12.2. The van der Waals surface area contributed by atoms with Crippen LogP contribution in [0.5, 0.6) is 0 Å². The van der Waals surface area contributed by atoms with Crippen LogP contribution in [0.1, 0.15) is 43.8 Å². The summed E-state index contributed by atoms with van der Waals surface area (Å²) < 4.78 is 30.6. The number of halogens is 2. The number of ether oxygens (including phenoxy) is 3. The first-order valence-corrected chi connectivity index (χ1v) is 13.4. The quantitative estimate of drug-likeness (QED) is 0.368. The van der Waals surface area contributed by atoms with E-state index in [2.05, 4.69) is 20.7 Å². The van der Waals surface area contributed by atoms with Gasteiger partial charge in [-0.05, 0) is 68.8 Å². The number of nitrogens with zero attached hydrogens (tertiary/aromatic N) is 1. The number of alkyl carbamates (subject to hydrolysis) is 1. The largest absolute Gasteiger partial charge is 0.453 e. The van der Waals surface area contributed by atoms with E-state index in [1.54, 1.807) is 6.07 Å². The number of piperidine rings is 1. The van der Waals surface area contributed by atoms with Crippen LogP contribution in [0, 0.1) is 17.7 Å². The van der Waals surface area contributed by atoms with E-state index in [9.17, 15) is 14.0 Å². The standard InChI is InChI=1S/C26H40ClFN4O5/c1-29-15-23(11-18-5-4-9-36-17-18)31-25(33)32-8-3-6-19(16-32)24(37-10-7-30-26(34)35-2)20-12-21(27)14-22(28)13-20/h12-14,18-19,23-24,29H,3-11,15-17H2,1-2H3,(H,30,34)(H,31,33)/t18?,19-,23-,24-/m1/s1. The van der Waals surface area contributed by atoms with Crippen LogP contribution in [-0.2, 0) is 14.2 Å². The van der Waals surface area contributed by atoms with Crippen molar-refractivity contribution in [2.24, 2.45) is 11.8 Å². The van der Waals surface area contributed by atoms with Crippen LogP contribution in [0.2, 0.25) is 5.02 Å². The minimum absolute atomic E-state index is 0.00282. The van der Waals surface area contributed by atoms with Gasteiger partial charge in [0.15, 0.2) is 0 Å². The van der Waals surface area contributed by atoms with Gasteiger partial charge in [-0.15, -0.1) is 0 Å². The summed E-state index contributed by atoms with van der Waals surface area (Å²) in [6.45, 7) is 3.77. The molecule has 0 aliphatic carbocycles. The summed E-state index contributed by atoms with van der Waals surface area (Å²) in [4.78, 5) is 26.5. The Bertz CT molecular complexity index is 853. The zero-order valence-electron chi connectivity index (χ0n) is 21.8. The highest BCUT2D eigenvalue weighted by molar-refractivity contribution is 6.30. The fraction of sp³-hybridized carbons (Fsp3) is 0.692. The molecule has 2 saturated heterocycles. The van der Waals surface area contributed by atoms with Gasteiger partial charge in [0.25, 0.3) is 0 Å². The molecule has 2 aliphatic heterocycles. The third-order valence-corrected chi connectivity index (χ3v) is 7.11. The number of hydrogen-bond donors (Lipinski definition) is 3. The van der Waals surface area contributed by atoms with Crippen molar-refractivity contribution in [3.05, 3.63) is 34.6 Å². The van der Waals surface area contributed by atoms with Gasteiger partial charge in [0.05, 0.1) is 19.8 Å². The summed E-state index contributed by atoms with van der Waals surface area (Å²) in [7, 11) is 3.17. The molecular weight excluding hydrogens is 503 g/mol. The molecule has 3 rings (SSSR count). The van der Waals surface area contributed by atoms with Gasteiger partial charge in [0.1, 0.15) is 5.82 Å². The van der Waals surface area contributed by atoms with Gasteiger partial charge >= 0.3 is 12.1 Å². The summed E-state index contributed by atoms with van der Waals surface area (Å²) in [5, 5.41) is 9.26. The van der Waals surface area contributed by atoms with Gasteiger partial charge in [-0.3, -0.25) is 0 Å². The first-order chi connectivity index (χ1) is 17.9. The van der Waals surface area contributed by atoms with Gasteiger partial charge < -0.3 is 35.1 Å². The lowest BCUT2D eigenvalue weighted by atomic mass is 9.88. The molecule has 2 aliphatic rings. The number of likely N-dealkylation sites (tertiary alicyclic amines) is 1. The number of urea groups is 1. The third-order valence-electron chi connectivity index (χ3n) is 6.89. The second kappa shape index (κ2) is 15.3. The molecule has 0 bridgehead atoms. The number of amides is 3. The molecule has 0 spiro atoms. The summed E-state index contributed by atoms with van der Waals surface area (Å²) in [5.74, 6) is -0.0728. The molecule has 0 saturated carbocycles. The average Bonchev–Trinajstić information content (AvgIpc) is 2.88. The van der Waals surface area contributed by atoms with Gasteiger partial charge in [-0.25, -0.2) is 14.0 Å². The molecule has 11 heteroatoms. The molecule has 3 amide bonds. The molecule has 208 valence electrons. The number of rotatable bonds is 11. The van der Waals surface area contributed by atoms with Crippen molar-refractivity contribution >= 4 is 23.7 Å². The van der Waals surface area contributed by atoms with Gasteiger partial charge in [0.2, 0.25) is 0 Å². The molecule has 0 radical (unpaired) electrons. The van der Waals surface area contributed by atoms with Crippen molar-refractivity contribution in [3.8, 4) is 0 Å². The van der Waals surface area contributed by atoms with Crippen molar-refractivity contribution in [2.75, 3.05) is 60.2 Å². The molecule has 2 fully saturated rings. The average molecular weight is 543 g/mol. The Morgan fingerprint density at radius 1 is 1.27 bits per heavy atom. The number of benzene rings is 1. The minimum Gasteiger partial charge on any atom is -0.453 e. The van der Waals surface area contributed by atoms with Gasteiger partial charge in [-0.2, -0.15) is 0 Å². The van der Waals surface area contributed by atoms with Crippen molar-refractivity contribution in [3.63, 3.8) is 0 Å². The smallest absolute Gasteiger partial charge is 0.406 e. The number of carbonyl (C=O) groups is 2. The number of likely N-dealkylation sites (N-methyl/N-ethyl adjacent to an activating group) is 1. The van der Waals surface area contributed by atoms with E-state index in [-0.39, 0.29) is 36.2 Å². The monoisotopic (exact) mass is 542 g/mol. The normalized spacial score (nSPS) is 21.7. The van der Waals surface area contributed by atoms with Crippen molar-refractivity contribution in [1.82, 2.24) is 20.9 Å². The van der Waals surface area contributed by atoms with Crippen molar-refractivity contribution in [2.45, 2.75) is 44.2 Å². The van der Waals surface area contributed by atoms with E-state index < -0.39 is 18.0 Å². The Balaban J connectivity index is 1.65. The fourth-order valence-corrected chi connectivity index (χ4v) is 5.43. The maximum atomic E-state index is 14.2. The van der Waals surface area contributed by atoms with E-state index in [1.807, 2.05) is 11.9 Å². The molecular formula is C26H40ClFN4O5. The first-order valence-electron chi connectivity index (χ1n) is 13.1. The molecule has 1 unspecified atom stereocenters. The van der Waals surface area contributed by atoms with E-state index in [0.29, 0.717) is 31.1 Å². The Morgan fingerprint density at radius 3 is 2.81 bits per heavy atom. The fourth-order valence-electron chi connectivity index (χ4n) is 5.20. The number of hydrogen-bond acceptors (Lipinski definition) is 6. The predicted octanol–water partition coefficient (Wildman–Crippen LogP) is 3.72. The van der Waals surface area contributed by atoms with E-state index in [0.717, 1.165) is 45.3 Å². The molecule has 4 atom stereocenters. The maximum absolute atomic E-state index is 14.2. The van der Waals surface area contributed by atoms with E-state index in [1.165, 1.54) is 19.2 Å². The van der Waals surface area contributed by atoms with Gasteiger partial charge in [-0.1, -0.05) is 11.6 Å². The lowest BCUT2D eigenvalue weighted by molar-refractivity contribution is -0.00888. The molecule has 1 aromatic rings. The predicted molar refractivity (Wildman–Crippen MR) is 139 cm³/mol. The van der Waals surface area contributed by atoms with Crippen LogP contribution in [0.15, 0.2) is 18.2 Å². The topological polar surface area (TPSA) is 101 Å². The highest BCUT2D eigenvalue weighted by Gasteiger charge is 2.32. The lowest BCUT2D eigenvalue weighted by Gasteiger charge is -2.38. The number of methoxy groups -OCH3 is 1. The highest BCUT2D eigenvalue weighted by Crippen LogP contribution is 2.34. The molecule has 1 aromatic carbocycles. The summed E-state index contributed by atoms with van der Waals surface area (Å²) in [5.41, 5.74) is 0.612. The van der Waals surface area contributed by atoms with Crippen LogP contribution in [-0.4, -0.2) is 83.2 Å². The van der Waals surface area contributed by atoms with Crippen molar-refractivity contribution in [1.29, 1.82) is 0 Å². The Morgan fingerprint density at radius 2 is 2.11 bits per heavy atom. The maximum Gasteiger partial charge on any atom is 0.406 e. The zero-order chi connectivity index (χ0) is 26.6. The molecule has 0 aromatic heterocycles. The van der Waals surface area contributed by atoms with Crippen molar-refractivity contribution < 1.29 is 28.2 Å². The minimum atomic E-state index is -0.551. The molecule has 2 heterocycles. The van der Waals surface area contributed by atoms with Crippen LogP contribution in [0.25, 0.3) is 0 Å². The first kappa shape index (κ1) is 29.4. The Labute approximate surface area is 223 Å².